The van der Waals surface area contributed by atoms with E-state index >= 15 is 0 Å². The second kappa shape index (κ2) is 9.92. The monoisotopic (exact) mass is 464 g/mol. The molecule has 0 radical (unpaired) electrons. The third kappa shape index (κ3) is 5.26. The van der Waals surface area contributed by atoms with Gasteiger partial charge in [-0.1, -0.05) is 30.3 Å². The number of methoxy groups -OCH3 is 1. The van der Waals surface area contributed by atoms with E-state index in [0.29, 0.717) is 24.3 Å². The first kappa shape index (κ1) is 22.6. The molecule has 0 aliphatic rings. The number of hydrogen-bond donors (Lipinski definition) is 0. The van der Waals surface area contributed by atoms with E-state index in [1.165, 1.54) is 30.6 Å². The number of carbonyl (C=O) groups excluding carboxylic acids is 1. The predicted octanol–water partition coefficient (Wildman–Crippen LogP) is 6.39. The molecule has 0 spiro atoms. The van der Waals surface area contributed by atoms with Crippen molar-refractivity contribution in [3.05, 3.63) is 106 Å². The van der Waals surface area contributed by atoms with Gasteiger partial charge >= 0.3 is 5.97 Å². The number of hydrogen-bond acceptors (Lipinski definition) is 5. The van der Waals surface area contributed by atoms with E-state index in [-0.39, 0.29) is 0 Å². The van der Waals surface area contributed by atoms with Crippen molar-refractivity contribution in [3.8, 4) is 11.1 Å². The van der Waals surface area contributed by atoms with E-state index in [1.807, 2.05) is 48.2 Å². The summed E-state index contributed by atoms with van der Waals surface area (Å²) >= 11 is 1.47. The molecule has 1 heterocycles. The second-order valence-electron chi connectivity index (χ2n) is 7.64. The summed E-state index contributed by atoms with van der Waals surface area (Å²) in [6.45, 7) is 2.79. The van der Waals surface area contributed by atoms with Crippen LogP contribution in [-0.4, -0.2) is 18.1 Å². The number of aryl methyl sites for hydroxylation is 1. The number of benzene rings is 3. The summed E-state index contributed by atoms with van der Waals surface area (Å²) in [5.74, 6) is -1.70. The van der Waals surface area contributed by atoms with E-state index in [4.69, 9.17) is 4.74 Å². The maximum atomic E-state index is 14.0. The lowest BCUT2D eigenvalue weighted by Gasteiger charge is -2.25. The summed E-state index contributed by atoms with van der Waals surface area (Å²) < 4.78 is 33.0. The lowest BCUT2D eigenvalue weighted by Crippen LogP contribution is -2.22. The van der Waals surface area contributed by atoms with Crippen molar-refractivity contribution >= 4 is 23.0 Å². The summed E-state index contributed by atoms with van der Waals surface area (Å²) in [7, 11) is 1.35. The molecule has 0 atom stereocenters. The van der Waals surface area contributed by atoms with Gasteiger partial charge in [-0.2, -0.15) is 0 Å². The van der Waals surface area contributed by atoms with Crippen LogP contribution in [0.5, 0.6) is 0 Å². The Kier molecular flexibility index (Phi) is 6.79. The SMILES string of the molecule is COC(=O)c1ccc(CN(Cc2cncs2)c2cc(F)cc(F)c2)cc1-c1ccccc1C. The van der Waals surface area contributed by atoms with Crippen molar-refractivity contribution in [1.29, 1.82) is 0 Å². The highest BCUT2D eigenvalue weighted by Crippen LogP contribution is 2.30. The van der Waals surface area contributed by atoms with Gasteiger partial charge < -0.3 is 9.64 Å². The zero-order chi connectivity index (χ0) is 23.4. The van der Waals surface area contributed by atoms with Gasteiger partial charge in [0, 0.05) is 29.4 Å². The summed E-state index contributed by atoms with van der Waals surface area (Å²) in [6, 6.07) is 16.8. The summed E-state index contributed by atoms with van der Waals surface area (Å²) in [4.78, 5) is 19.4. The molecule has 0 saturated heterocycles. The molecule has 0 unspecified atom stereocenters. The largest absolute Gasteiger partial charge is 0.465 e. The minimum atomic E-state index is -0.638. The standard InChI is InChI=1S/C26H22F2N2O2S/c1-17-5-3-4-6-23(17)25-9-18(7-8-24(25)26(31)32-2)14-30(15-22-13-29-16-33-22)21-11-19(27)10-20(28)12-21/h3-13,16H,14-15H2,1-2H3. The molecule has 7 heteroatoms. The van der Waals surface area contributed by atoms with Gasteiger partial charge in [-0.05, 0) is 53.4 Å². The van der Waals surface area contributed by atoms with Crippen LogP contribution in [0.4, 0.5) is 14.5 Å². The average molecular weight is 465 g/mol. The summed E-state index contributed by atoms with van der Waals surface area (Å²) in [5.41, 5.74) is 6.19. The second-order valence-corrected chi connectivity index (χ2v) is 8.61. The van der Waals surface area contributed by atoms with Gasteiger partial charge in [0.2, 0.25) is 0 Å². The lowest BCUT2D eigenvalue weighted by atomic mass is 9.94. The molecule has 0 fully saturated rings. The molecule has 0 saturated carbocycles. The fraction of sp³-hybridized carbons (Fsp3) is 0.154. The van der Waals surface area contributed by atoms with E-state index in [9.17, 15) is 13.6 Å². The number of ether oxygens (including phenoxy) is 1. The van der Waals surface area contributed by atoms with Crippen LogP contribution in [-0.2, 0) is 17.8 Å². The first-order valence-electron chi connectivity index (χ1n) is 10.3. The highest BCUT2D eigenvalue weighted by atomic mass is 32.1. The van der Waals surface area contributed by atoms with E-state index in [0.717, 1.165) is 33.2 Å². The smallest absolute Gasteiger partial charge is 0.338 e. The molecule has 0 N–H and O–H groups in total. The first-order valence-corrected chi connectivity index (χ1v) is 11.2. The van der Waals surface area contributed by atoms with Crippen molar-refractivity contribution in [2.75, 3.05) is 12.0 Å². The molecule has 0 bridgehead atoms. The van der Waals surface area contributed by atoms with Crippen molar-refractivity contribution < 1.29 is 18.3 Å². The van der Waals surface area contributed by atoms with Crippen LogP contribution in [0.1, 0.15) is 26.4 Å². The molecular formula is C26H22F2N2O2S. The highest BCUT2D eigenvalue weighted by molar-refractivity contribution is 7.09. The topological polar surface area (TPSA) is 42.4 Å². The normalized spacial score (nSPS) is 10.8. The van der Waals surface area contributed by atoms with Crippen LogP contribution in [0.15, 0.2) is 72.4 Å². The van der Waals surface area contributed by atoms with Gasteiger partial charge in [0.1, 0.15) is 11.6 Å². The van der Waals surface area contributed by atoms with Gasteiger partial charge in [-0.25, -0.2) is 13.6 Å². The van der Waals surface area contributed by atoms with Crippen LogP contribution in [0.2, 0.25) is 0 Å². The number of thiazole rings is 1. The van der Waals surface area contributed by atoms with Crippen molar-refractivity contribution in [2.24, 2.45) is 0 Å². The zero-order valence-electron chi connectivity index (χ0n) is 18.2. The highest BCUT2D eigenvalue weighted by Gasteiger charge is 2.18. The maximum Gasteiger partial charge on any atom is 0.338 e. The molecule has 3 aromatic carbocycles. The predicted molar refractivity (Wildman–Crippen MR) is 126 cm³/mol. The molecule has 1 aromatic heterocycles. The van der Waals surface area contributed by atoms with Crippen molar-refractivity contribution in [2.45, 2.75) is 20.0 Å². The maximum absolute atomic E-state index is 14.0. The molecule has 168 valence electrons. The Hall–Kier alpha value is -3.58. The fourth-order valence-corrected chi connectivity index (χ4v) is 4.37. The number of esters is 1. The van der Waals surface area contributed by atoms with Crippen molar-refractivity contribution in [3.63, 3.8) is 0 Å². The summed E-state index contributed by atoms with van der Waals surface area (Å²) in [5, 5.41) is 0. The van der Waals surface area contributed by atoms with Crippen LogP contribution in [0, 0.1) is 18.6 Å². The Morgan fingerprint density at radius 1 is 1.00 bits per heavy atom. The molecular weight excluding hydrogens is 442 g/mol. The minimum Gasteiger partial charge on any atom is -0.465 e. The van der Waals surface area contributed by atoms with Crippen molar-refractivity contribution in [1.82, 2.24) is 4.98 Å². The Balaban J connectivity index is 1.76. The third-order valence-electron chi connectivity index (χ3n) is 5.34. The number of rotatable bonds is 7. The van der Waals surface area contributed by atoms with Gasteiger partial charge in [-0.15, -0.1) is 11.3 Å². The van der Waals surface area contributed by atoms with Crippen LogP contribution >= 0.6 is 11.3 Å². The number of anilines is 1. The minimum absolute atomic E-state index is 0.376. The third-order valence-corrected chi connectivity index (χ3v) is 6.10. The molecule has 4 aromatic rings. The van der Waals surface area contributed by atoms with E-state index < -0.39 is 17.6 Å². The number of nitrogens with zero attached hydrogens (tertiary/aromatic N) is 2. The molecule has 33 heavy (non-hydrogen) atoms. The van der Waals surface area contributed by atoms with Gasteiger partial charge in [0.15, 0.2) is 0 Å². The number of carbonyl (C=O) groups is 1. The lowest BCUT2D eigenvalue weighted by molar-refractivity contribution is 0.0601. The molecule has 0 aliphatic carbocycles. The van der Waals surface area contributed by atoms with E-state index in [2.05, 4.69) is 4.98 Å². The van der Waals surface area contributed by atoms with Gasteiger partial charge in [0.25, 0.3) is 0 Å². The Morgan fingerprint density at radius 3 is 2.42 bits per heavy atom. The first-order chi connectivity index (χ1) is 15.9. The average Bonchev–Trinajstić information content (AvgIpc) is 3.31. The van der Waals surface area contributed by atoms with Gasteiger partial charge in [-0.3, -0.25) is 4.98 Å². The number of aromatic nitrogens is 1. The Labute approximate surface area is 195 Å². The molecule has 4 nitrogen and oxygen atoms in total. The summed E-state index contributed by atoms with van der Waals surface area (Å²) in [6.07, 6.45) is 1.74. The molecule has 0 amide bonds. The van der Waals surface area contributed by atoms with Crippen LogP contribution in [0.25, 0.3) is 11.1 Å². The Morgan fingerprint density at radius 2 is 1.76 bits per heavy atom. The zero-order valence-corrected chi connectivity index (χ0v) is 19.0. The Bertz CT molecular complexity index is 1260. The fourth-order valence-electron chi connectivity index (χ4n) is 3.76. The van der Waals surface area contributed by atoms with Crippen LogP contribution in [0.3, 0.4) is 0 Å². The molecule has 0 aliphatic heterocycles. The van der Waals surface area contributed by atoms with Crippen LogP contribution < -0.4 is 4.90 Å². The molecule has 4 rings (SSSR count). The number of halogens is 2. The quantitative estimate of drug-likeness (QED) is 0.297. The van der Waals surface area contributed by atoms with E-state index in [1.54, 1.807) is 17.8 Å². The van der Waals surface area contributed by atoms with Gasteiger partial charge in [0.05, 0.1) is 24.7 Å².